The topological polar surface area (TPSA) is 73.4 Å². The van der Waals surface area contributed by atoms with Crippen LogP contribution in [0.4, 0.5) is 4.79 Å². The lowest BCUT2D eigenvalue weighted by Crippen LogP contribution is -2.30. The number of para-hydroxylation sites is 1. The van der Waals surface area contributed by atoms with Gasteiger partial charge in [0.1, 0.15) is 5.69 Å². The van der Waals surface area contributed by atoms with Crippen LogP contribution in [0.1, 0.15) is 25.1 Å². The molecule has 106 valence electrons. The Morgan fingerprint density at radius 2 is 2.25 bits per heavy atom. The molecule has 0 radical (unpaired) electrons. The highest BCUT2D eigenvalue weighted by atomic mass is 16.6. The average molecular weight is 274 g/mol. The zero-order chi connectivity index (χ0) is 14.1. The zero-order valence-corrected chi connectivity index (χ0v) is 11.5. The van der Waals surface area contributed by atoms with Gasteiger partial charge in [-0.3, -0.25) is 9.58 Å². The highest BCUT2D eigenvalue weighted by Crippen LogP contribution is 2.30. The highest BCUT2D eigenvalue weighted by molar-refractivity contribution is 5.83. The van der Waals surface area contributed by atoms with Crippen molar-refractivity contribution < 1.29 is 9.53 Å². The van der Waals surface area contributed by atoms with Gasteiger partial charge in [-0.15, -0.1) is 0 Å². The van der Waals surface area contributed by atoms with Crippen molar-refractivity contribution in [1.29, 1.82) is 0 Å². The van der Waals surface area contributed by atoms with E-state index in [9.17, 15) is 4.79 Å². The maximum Gasteiger partial charge on any atom is 0.411 e. The number of aromatic nitrogens is 2. The van der Waals surface area contributed by atoms with Crippen LogP contribution in [0.3, 0.4) is 0 Å². The summed E-state index contributed by atoms with van der Waals surface area (Å²) in [5.41, 5.74) is 7.42. The molecule has 1 unspecified atom stereocenters. The van der Waals surface area contributed by atoms with Crippen LogP contribution < -0.4 is 5.73 Å². The van der Waals surface area contributed by atoms with Gasteiger partial charge in [-0.2, -0.15) is 5.10 Å². The molecule has 2 heterocycles. The van der Waals surface area contributed by atoms with Crippen molar-refractivity contribution in [3.8, 4) is 0 Å². The summed E-state index contributed by atoms with van der Waals surface area (Å²) in [5.74, 6) is 0. The van der Waals surface area contributed by atoms with Crippen LogP contribution in [-0.2, 0) is 11.3 Å². The largest absolute Gasteiger partial charge is 0.438 e. The van der Waals surface area contributed by atoms with E-state index in [1.165, 1.54) is 4.90 Å². The molecular weight excluding hydrogens is 256 g/mol. The van der Waals surface area contributed by atoms with Gasteiger partial charge in [-0.05, 0) is 12.5 Å². The molecule has 0 bridgehead atoms. The summed E-state index contributed by atoms with van der Waals surface area (Å²) in [4.78, 5) is 13.1. The highest BCUT2D eigenvalue weighted by Gasteiger charge is 2.34. The van der Waals surface area contributed by atoms with Gasteiger partial charge in [-0.25, -0.2) is 4.79 Å². The summed E-state index contributed by atoms with van der Waals surface area (Å²) in [7, 11) is 0. The number of nitrogens with two attached hydrogens (primary N) is 1. The number of hydrogen-bond donors (Lipinski definition) is 1. The number of carbonyl (C=O) groups is 1. The molecule has 1 saturated heterocycles. The molecule has 1 fully saturated rings. The Kier molecular flexibility index (Phi) is 3.31. The lowest BCUT2D eigenvalue weighted by Gasteiger charge is -2.07. The molecule has 1 aliphatic rings. The van der Waals surface area contributed by atoms with Crippen molar-refractivity contribution in [2.24, 2.45) is 5.73 Å². The SMILES string of the molecule is CCCn1nc(C2CN(CN)C(=O)O2)c2ccccc21. The summed E-state index contributed by atoms with van der Waals surface area (Å²) in [5, 5.41) is 5.68. The number of aryl methyl sites for hydroxylation is 1. The number of ether oxygens (including phenoxy) is 1. The van der Waals surface area contributed by atoms with Crippen LogP contribution in [0.5, 0.6) is 0 Å². The first-order valence-corrected chi connectivity index (χ1v) is 6.85. The lowest BCUT2D eigenvalue weighted by molar-refractivity contribution is 0.131. The zero-order valence-electron chi connectivity index (χ0n) is 11.5. The van der Waals surface area contributed by atoms with Gasteiger partial charge in [0.25, 0.3) is 0 Å². The van der Waals surface area contributed by atoms with E-state index in [-0.39, 0.29) is 18.9 Å². The third-order valence-corrected chi connectivity index (χ3v) is 3.53. The fraction of sp³-hybridized carbons (Fsp3) is 0.429. The van der Waals surface area contributed by atoms with Crippen molar-refractivity contribution in [2.45, 2.75) is 26.0 Å². The quantitative estimate of drug-likeness (QED) is 0.923. The van der Waals surface area contributed by atoms with E-state index in [1.54, 1.807) is 0 Å². The average Bonchev–Trinajstić information content (AvgIpc) is 3.01. The van der Waals surface area contributed by atoms with E-state index in [2.05, 4.69) is 12.0 Å². The standard InChI is InChI=1S/C14H18N4O2/c1-2-7-18-11-6-4-3-5-10(11)13(16-18)12-8-17(9-15)14(19)20-12/h3-6,12H,2,7-9,15H2,1H3. The van der Waals surface area contributed by atoms with E-state index < -0.39 is 0 Å². The molecule has 2 aromatic rings. The molecular formula is C14H18N4O2. The van der Waals surface area contributed by atoms with Gasteiger partial charge in [0.15, 0.2) is 6.10 Å². The monoisotopic (exact) mass is 274 g/mol. The summed E-state index contributed by atoms with van der Waals surface area (Å²) >= 11 is 0. The van der Waals surface area contributed by atoms with Crippen LogP contribution in [0.15, 0.2) is 24.3 Å². The molecule has 1 atom stereocenters. The Balaban J connectivity index is 2.02. The Bertz CT molecular complexity index is 637. The molecule has 20 heavy (non-hydrogen) atoms. The summed E-state index contributed by atoms with van der Waals surface area (Å²) in [6.45, 7) is 3.59. The van der Waals surface area contributed by atoms with Gasteiger partial charge in [0.05, 0.1) is 18.7 Å². The summed E-state index contributed by atoms with van der Waals surface area (Å²) in [6.07, 6.45) is 0.297. The van der Waals surface area contributed by atoms with Crippen molar-refractivity contribution in [3.63, 3.8) is 0 Å². The van der Waals surface area contributed by atoms with Crippen LogP contribution in [0.2, 0.25) is 0 Å². The molecule has 2 N–H and O–H groups in total. The Hall–Kier alpha value is -2.08. The molecule has 6 heteroatoms. The number of carbonyl (C=O) groups excluding carboxylic acids is 1. The number of nitrogens with zero attached hydrogens (tertiary/aromatic N) is 3. The number of fused-ring (bicyclic) bond motifs is 1. The molecule has 1 amide bonds. The second kappa shape index (κ2) is 5.13. The minimum atomic E-state index is -0.369. The van der Waals surface area contributed by atoms with E-state index in [0.29, 0.717) is 6.54 Å². The number of hydrogen-bond acceptors (Lipinski definition) is 4. The summed E-state index contributed by atoms with van der Waals surface area (Å²) < 4.78 is 7.36. The first-order chi connectivity index (χ1) is 9.74. The third kappa shape index (κ3) is 2.02. The second-order valence-electron chi connectivity index (χ2n) is 4.90. The van der Waals surface area contributed by atoms with Gasteiger partial charge in [0, 0.05) is 11.9 Å². The smallest absolute Gasteiger partial charge is 0.411 e. The fourth-order valence-corrected chi connectivity index (χ4v) is 2.57. The predicted octanol–water partition coefficient (Wildman–Crippen LogP) is 1.86. The molecule has 1 aromatic heterocycles. The number of amides is 1. The van der Waals surface area contributed by atoms with Crippen LogP contribution in [-0.4, -0.2) is 34.0 Å². The number of benzene rings is 1. The van der Waals surface area contributed by atoms with E-state index >= 15 is 0 Å². The third-order valence-electron chi connectivity index (χ3n) is 3.53. The van der Waals surface area contributed by atoms with Crippen LogP contribution >= 0.6 is 0 Å². The van der Waals surface area contributed by atoms with Crippen molar-refractivity contribution in [2.75, 3.05) is 13.2 Å². The Labute approximate surface area is 117 Å². The fourth-order valence-electron chi connectivity index (χ4n) is 2.57. The maximum absolute atomic E-state index is 11.6. The molecule has 3 rings (SSSR count). The van der Waals surface area contributed by atoms with E-state index in [0.717, 1.165) is 29.6 Å². The maximum atomic E-state index is 11.6. The van der Waals surface area contributed by atoms with Crippen LogP contribution in [0, 0.1) is 0 Å². The molecule has 0 saturated carbocycles. The van der Waals surface area contributed by atoms with E-state index in [4.69, 9.17) is 10.5 Å². The molecule has 0 aliphatic carbocycles. The first-order valence-electron chi connectivity index (χ1n) is 6.85. The lowest BCUT2D eigenvalue weighted by atomic mass is 10.1. The Morgan fingerprint density at radius 3 is 2.95 bits per heavy atom. The molecule has 0 spiro atoms. The van der Waals surface area contributed by atoms with Crippen molar-refractivity contribution in [3.05, 3.63) is 30.0 Å². The Morgan fingerprint density at radius 1 is 1.45 bits per heavy atom. The minimum Gasteiger partial charge on any atom is -0.438 e. The first kappa shape index (κ1) is 12.9. The van der Waals surface area contributed by atoms with Gasteiger partial charge in [0.2, 0.25) is 0 Å². The minimum absolute atomic E-state index is 0.170. The number of rotatable bonds is 4. The van der Waals surface area contributed by atoms with Gasteiger partial charge < -0.3 is 10.5 Å². The van der Waals surface area contributed by atoms with Crippen LogP contribution in [0.25, 0.3) is 10.9 Å². The van der Waals surface area contributed by atoms with Crippen molar-refractivity contribution in [1.82, 2.24) is 14.7 Å². The number of cyclic esters (lactones) is 1. The normalized spacial score (nSPS) is 18.8. The molecule has 1 aromatic carbocycles. The van der Waals surface area contributed by atoms with Gasteiger partial charge in [-0.1, -0.05) is 25.1 Å². The molecule has 6 nitrogen and oxygen atoms in total. The predicted molar refractivity (Wildman–Crippen MR) is 75.0 cm³/mol. The van der Waals surface area contributed by atoms with E-state index in [1.807, 2.05) is 28.9 Å². The summed E-state index contributed by atoms with van der Waals surface area (Å²) in [6, 6.07) is 8.02. The second-order valence-corrected chi connectivity index (χ2v) is 4.90. The van der Waals surface area contributed by atoms with Crippen molar-refractivity contribution >= 4 is 17.0 Å². The van der Waals surface area contributed by atoms with Gasteiger partial charge >= 0.3 is 6.09 Å². The molecule has 1 aliphatic heterocycles.